The van der Waals surface area contributed by atoms with Crippen LogP contribution in [0.2, 0.25) is 0 Å². The molecule has 3 aromatic rings. The summed E-state index contributed by atoms with van der Waals surface area (Å²) in [4.78, 5) is 11.1. The summed E-state index contributed by atoms with van der Waals surface area (Å²) in [5, 5.41) is 12.9. The highest BCUT2D eigenvalue weighted by Gasteiger charge is 2.13. The van der Waals surface area contributed by atoms with Crippen molar-refractivity contribution in [2.24, 2.45) is 0 Å². The molecule has 1 N–H and O–H groups in total. The van der Waals surface area contributed by atoms with E-state index in [0.29, 0.717) is 17.2 Å². The van der Waals surface area contributed by atoms with Crippen molar-refractivity contribution in [2.75, 3.05) is 0 Å². The van der Waals surface area contributed by atoms with Gasteiger partial charge in [-0.05, 0) is 24.3 Å². The third-order valence-electron chi connectivity index (χ3n) is 2.82. The monoisotopic (exact) mass is 285 g/mol. The number of nitrogens with zero attached hydrogens (tertiary/aromatic N) is 1. The fourth-order valence-electron chi connectivity index (χ4n) is 1.84. The van der Waals surface area contributed by atoms with Gasteiger partial charge in [0, 0.05) is 6.07 Å². The highest BCUT2D eigenvalue weighted by molar-refractivity contribution is 5.90. The van der Waals surface area contributed by atoms with Gasteiger partial charge >= 0.3 is 5.97 Å². The van der Waals surface area contributed by atoms with Crippen molar-refractivity contribution in [3.8, 4) is 17.3 Å². The van der Waals surface area contributed by atoms with Crippen LogP contribution in [-0.4, -0.2) is 16.2 Å². The molecule has 3 rings (SSSR count). The fourth-order valence-corrected chi connectivity index (χ4v) is 1.84. The molecule has 0 radical (unpaired) electrons. The molecule has 21 heavy (non-hydrogen) atoms. The van der Waals surface area contributed by atoms with Crippen molar-refractivity contribution in [1.82, 2.24) is 5.16 Å². The minimum Gasteiger partial charge on any atom is -0.486 e. The van der Waals surface area contributed by atoms with Gasteiger partial charge in [-0.3, -0.25) is 0 Å². The zero-order chi connectivity index (χ0) is 14.7. The largest absolute Gasteiger partial charge is 0.486 e. The predicted molar refractivity (Wildman–Crippen MR) is 71.9 cm³/mol. The van der Waals surface area contributed by atoms with E-state index in [1.54, 1.807) is 36.4 Å². The van der Waals surface area contributed by atoms with Gasteiger partial charge in [0.2, 0.25) is 5.76 Å². The van der Waals surface area contributed by atoms with E-state index >= 15 is 0 Å². The molecule has 106 valence electrons. The summed E-state index contributed by atoms with van der Waals surface area (Å²) >= 11 is 0. The van der Waals surface area contributed by atoms with Crippen LogP contribution in [0, 0.1) is 0 Å². The quantitative estimate of drug-likeness (QED) is 0.774. The molecule has 0 atom stereocenters. The van der Waals surface area contributed by atoms with Crippen LogP contribution in [0.4, 0.5) is 0 Å². The molecule has 6 heteroatoms. The molecule has 0 amide bonds. The first-order chi connectivity index (χ1) is 10.2. The summed E-state index contributed by atoms with van der Waals surface area (Å²) in [6.07, 6.45) is 1.54. The van der Waals surface area contributed by atoms with Gasteiger partial charge in [0.15, 0.2) is 5.76 Å². The number of para-hydroxylation sites is 1. The Bertz CT molecular complexity index is 745. The lowest BCUT2D eigenvalue weighted by atomic mass is 10.2. The summed E-state index contributed by atoms with van der Waals surface area (Å²) in [7, 11) is 0. The summed E-state index contributed by atoms with van der Waals surface area (Å²) < 4.78 is 15.8. The Kier molecular flexibility index (Phi) is 3.42. The molecule has 0 unspecified atom stereocenters. The average Bonchev–Trinajstić information content (AvgIpc) is 3.16. The number of aromatic nitrogens is 1. The SMILES string of the molecule is O=C(O)c1ccccc1OCc1cc(-c2ccco2)on1. The Morgan fingerprint density at radius 1 is 1.19 bits per heavy atom. The van der Waals surface area contributed by atoms with E-state index in [0.717, 1.165) is 0 Å². The zero-order valence-corrected chi connectivity index (χ0v) is 10.9. The van der Waals surface area contributed by atoms with Crippen molar-refractivity contribution in [2.45, 2.75) is 6.61 Å². The van der Waals surface area contributed by atoms with E-state index in [4.69, 9.17) is 18.8 Å². The maximum absolute atomic E-state index is 11.1. The van der Waals surface area contributed by atoms with Crippen molar-refractivity contribution < 1.29 is 23.6 Å². The number of aromatic carboxylic acids is 1. The van der Waals surface area contributed by atoms with E-state index in [1.807, 2.05) is 0 Å². The Morgan fingerprint density at radius 2 is 2.05 bits per heavy atom. The van der Waals surface area contributed by atoms with Gasteiger partial charge in [0.05, 0.1) is 6.26 Å². The van der Waals surface area contributed by atoms with Gasteiger partial charge in [-0.15, -0.1) is 0 Å². The Balaban J connectivity index is 1.73. The van der Waals surface area contributed by atoms with Gasteiger partial charge in [-0.1, -0.05) is 17.3 Å². The second kappa shape index (κ2) is 5.54. The lowest BCUT2D eigenvalue weighted by Gasteiger charge is -2.06. The predicted octanol–water partition coefficient (Wildman–Crippen LogP) is 3.21. The average molecular weight is 285 g/mol. The molecule has 0 saturated heterocycles. The number of carbonyl (C=O) groups is 1. The summed E-state index contributed by atoms with van der Waals surface area (Å²) in [6.45, 7) is 0.106. The number of furan rings is 1. The van der Waals surface area contributed by atoms with Crippen molar-refractivity contribution in [3.05, 3.63) is 60.0 Å². The van der Waals surface area contributed by atoms with E-state index < -0.39 is 5.97 Å². The lowest BCUT2D eigenvalue weighted by Crippen LogP contribution is -2.03. The maximum atomic E-state index is 11.1. The third-order valence-corrected chi connectivity index (χ3v) is 2.82. The van der Waals surface area contributed by atoms with Gasteiger partial charge in [-0.25, -0.2) is 4.79 Å². The molecule has 0 aliphatic carbocycles. The number of carboxylic acids is 1. The molecule has 0 saturated carbocycles. The van der Waals surface area contributed by atoms with Crippen molar-refractivity contribution >= 4 is 5.97 Å². The minimum atomic E-state index is -1.04. The molecule has 2 aromatic heterocycles. The van der Waals surface area contributed by atoms with Crippen molar-refractivity contribution in [1.29, 1.82) is 0 Å². The Morgan fingerprint density at radius 3 is 2.81 bits per heavy atom. The number of carboxylic acid groups (broad SMARTS) is 1. The Labute approximate surface area is 119 Å². The first-order valence-corrected chi connectivity index (χ1v) is 6.18. The molecule has 1 aromatic carbocycles. The number of rotatable bonds is 5. The molecular weight excluding hydrogens is 274 g/mol. The summed E-state index contributed by atoms with van der Waals surface area (Å²) in [6, 6.07) is 11.6. The van der Waals surface area contributed by atoms with E-state index in [2.05, 4.69) is 5.16 Å². The summed E-state index contributed by atoms with van der Waals surface area (Å²) in [5.74, 6) is 0.305. The molecule has 0 bridgehead atoms. The first-order valence-electron chi connectivity index (χ1n) is 6.18. The van der Waals surface area contributed by atoms with Gasteiger partial charge in [0.1, 0.15) is 23.6 Å². The number of hydrogen-bond acceptors (Lipinski definition) is 5. The highest BCUT2D eigenvalue weighted by Crippen LogP contribution is 2.22. The second-order valence-corrected chi connectivity index (χ2v) is 4.25. The van der Waals surface area contributed by atoms with E-state index in [1.165, 1.54) is 12.3 Å². The molecule has 0 aliphatic rings. The highest BCUT2D eigenvalue weighted by atomic mass is 16.5. The van der Waals surface area contributed by atoms with Crippen LogP contribution in [0.1, 0.15) is 16.1 Å². The van der Waals surface area contributed by atoms with Gasteiger partial charge < -0.3 is 18.8 Å². The maximum Gasteiger partial charge on any atom is 0.339 e. The number of ether oxygens (including phenoxy) is 1. The van der Waals surface area contributed by atoms with E-state index in [9.17, 15) is 4.79 Å². The minimum absolute atomic E-state index is 0.104. The van der Waals surface area contributed by atoms with Gasteiger partial charge in [-0.2, -0.15) is 0 Å². The second-order valence-electron chi connectivity index (χ2n) is 4.25. The Hall–Kier alpha value is -3.02. The smallest absolute Gasteiger partial charge is 0.339 e. The topological polar surface area (TPSA) is 85.7 Å². The standard InChI is InChI=1S/C15H11NO5/c17-15(18)11-4-1-2-5-12(11)20-9-10-8-14(21-16-10)13-6-3-7-19-13/h1-8H,9H2,(H,17,18). The lowest BCUT2D eigenvalue weighted by molar-refractivity contribution is 0.0691. The molecule has 0 fully saturated rings. The van der Waals surface area contributed by atoms with Crippen LogP contribution in [0.3, 0.4) is 0 Å². The van der Waals surface area contributed by atoms with E-state index in [-0.39, 0.29) is 17.9 Å². The van der Waals surface area contributed by atoms with Crippen LogP contribution in [0.25, 0.3) is 11.5 Å². The van der Waals surface area contributed by atoms with Crippen LogP contribution in [0.15, 0.2) is 57.7 Å². The molecule has 2 heterocycles. The molecule has 0 aliphatic heterocycles. The van der Waals surface area contributed by atoms with Crippen LogP contribution in [0.5, 0.6) is 5.75 Å². The van der Waals surface area contributed by atoms with Crippen LogP contribution >= 0.6 is 0 Å². The zero-order valence-electron chi connectivity index (χ0n) is 10.9. The molecule has 0 spiro atoms. The van der Waals surface area contributed by atoms with Crippen LogP contribution < -0.4 is 4.74 Å². The number of hydrogen-bond donors (Lipinski definition) is 1. The van der Waals surface area contributed by atoms with Crippen molar-refractivity contribution in [3.63, 3.8) is 0 Å². The first kappa shape index (κ1) is 13.0. The normalized spacial score (nSPS) is 10.5. The number of benzene rings is 1. The third kappa shape index (κ3) is 2.79. The van der Waals surface area contributed by atoms with Gasteiger partial charge in [0.25, 0.3) is 0 Å². The molecular formula is C15H11NO5. The van der Waals surface area contributed by atoms with Crippen LogP contribution in [-0.2, 0) is 6.61 Å². The molecule has 6 nitrogen and oxygen atoms in total. The fraction of sp³-hybridized carbons (Fsp3) is 0.0667. The summed E-state index contributed by atoms with van der Waals surface area (Å²) in [5.41, 5.74) is 0.647.